The van der Waals surface area contributed by atoms with Gasteiger partial charge >= 0.3 is 7.12 Å². The van der Waals surface area contributed by atoms with Crippen molar-refractivity contribution in [1.29, 1.82) is 0 Å². The molecule has 1 amide bonds. The second-order valence-electron chi connectivity index (χ2n) is 5.77. The van der Waals surface area contributed by atoms with Crippen molar-refractivity contribution in [2.45, 2.75) is 32.1 Å². The van der Waals surface area contributed by atoms with Gasteiger partial charge in [-0.15, -0.1) is 0 Å². The molecule has 5 heteroatoms. The summed E-state index contributed by atoms with van der Waals surface area (Å²) in [6.07, 6.45) is 1.34. The van der Waals surface area contributed by atoms with Crippen molar-refractivity contribution in [3.05, 3.63) is 71.3 Å². The van der Waals surface area contributed by atoms with Crippen LogP contribution in [0, 0.1) is 6.92 Å². The molecule has 2 aromatic rings. The summed E-state index contributed by atoms with van der Waals surface area (Å²) in [7, 11) is -1.59. The third-order valence-electron chi connectivity index (χ3n) is 3.73. The third kappa shape index (κ3) is 5.89. The quantitative estimate of drug-likeness (QED) is 0.681. The highest BCUT2D eigenvalue weighted by molar-refractivity contribution is 6.43. The summed E-state index contributed by atoms with van der Waals surface area (Å²) >= 11 is 0. The minimum Gasteiger partial charge on any atom is -0.426 e. The molecule has 120 valence electrons. The molecule has 0 saturated heterocycles. The molecule has 0 bridgehead atoms. The molecule has 0 aliphatic rings. The molecule has 0 radical (unpaired) electrons. The van der Waals surface area contributed by atoms with Gasteiger partial charge in [-0.25, -0.2) is 0 Å². The number of aryl methyl sites for hydroxylation is 2. The van der Waals surface area contributed by atoms with Crippen LogP contribution in [0.25, 0.3) is 0 Å². The molecule has 0 aromatic heterocycles. The lowest BCUT2D eigenvalue weighted by Crippen LogP contribution is -2.47. The van der Waals surface area contributed by atoms with E-state index in [0.29, 0.717) is 19.3 Å². The summed E-state index contributed by atoms with van der Waals surface area (Å²) in [6, 6.07) is 17.5. The number of benzene rings is 2. The van der Waals surface area contributed by atoms with Crippen LogP contribution in [0.5, 0.6) is 0 Å². The van der Waals surface area contributed by atoms with Crippen LogP contribution >= 0.6 is 0 Å². The zero-order valence-electron chi connectivity index (χ0n) is 13.3. The van der Waals surface area contributed by atoms with Crippen molar-refractivity contribution in [1.82, 2.24) is 5.32 Å². The maximum atomic E-state index is 12.1. The van der Waals surface area contributed by atoms with Gasteiger partial charge in [-0.2, -0.15) is 0 Å². The predicted octanol–water partition coefficient (Wildman–Crippen LogP) is 1.67. The van der Waals surface area contributed by atoms with Gasteiger partial charge in [0, 0.05) is 6.42 Å². The van der Waals surface area contributed by atoms with Crippen LogP contribution in [0.15, 0.2) is 54.6 Å². The van der Waals surface area contributed by atoms with Gasteiger partial charge in [-0.05, 0) is 30.9 Å². The summed E-state index contributed by atoms with van der Waals surface area (Å²) in [5.74, 6) is -0.886. The SMILES string of the molecule is Cc1cccc(CCC(=O)N[C@@H](Cc2ccccc2)B(O)O)c1. The number of amides is 1. The van der Waals surface area contributed by atoms with Gasteiger partial charge < -0.3 is 15.4 Å². The van der Waals surface area contributed by atoms with E-state index < -0.39 is 13.1 Å². The topological polar surface area (TPSA) is 69.6 Å². The normalized spacial score (nSPS) is 11.8. The van der Waals surface area contributed by atoms with Crippen molar-refractivity contribution in [2.24, 2.45) is 0 Å². The second-order valence-corrected chi connectivity index (χ2v) is 5.77. The van der Waals surface area contributed by atoms with Gasteiger partial charge in [-0.3, -0.25) is 4.79 Å². The fraction of sp³-hybridized carbons (Fsp3) is 0.278. The first-order valence-corrected chi connectivity index (χ1v) is 7.79. The van der Waals surface area contributed by atoms with Crippen LogP contribution in [0.2, 0.25) is 0 Å². The van der Waals surface area contributed by atoms with Crippen LogP contribution in [-0.2, 0) is 17.6 Å². The molecule has 4 nitrogen and oxygen atoms in total. The first-order valence-electron chi connectivity index (χ1n) is 7.79. The number of carbonyl (C=O) groups is 1. The third-order valence-corrected chi connectivity index (χ3v) is 3.73. The van der Waals surface area contributed by atoms with E-state index in [-0.39, 0.29) is 5.91 Å². The molecule has 2 rings (SSSR count). The van der Waals surface area contributed by atoms with Crippen molar-refractivity contribution < 1.29 is 14.8 Å². The summed E-state index contributed by atoms with van der Waals surface area (Å²) in [5.41, 5.74) is 3.21. The monoisotopic (exact) mass is 311 g/mol. The molecule has 23 heavy (non-hydrogen) atoms. The molecule has 3 N–H and O–H groups in total. The number of nitrogens with one attached hydrogen (secondary N) is 1. The maximum absolute atomic E-state index is 12.1. The van der Waals surface area contributed by atoms with E-state index in [9.17, 15) is 14.8 Å². The van der Waals surface area contributed by atoms with E-state index in [1.165, 1.54) is 0 Å². The summed E-state index contributed by atoms with van der Waals surface area (Å²) in [6.45, 7) is 2.02. The highest BCUT2D eigenvalue weighted by Gasteiger charge is 2.25. The Balaban J connectivity index is 1.88. The average Bonchev–Trinajstić information content (AvgIpc) is 2.53. The van der Waals surface area contributed by atoms with E-state index in [4.69, 9.17) is 0 Å². The van der Waals surface area contributed by atoms with Crippen LogP contribution in [0.3, 0.4) is 0 Å². The smallest absolute Gasteiger partial charge is 0.426 e. The van der Waals surface area contributed by atoms with Crippen molar-refractivity contribution in [3.8, 4) is 0 Å². The Kier molecular flexibility index (Phi) is 6.38. The Hall–Kier alpha value is -2.11. The predicted molar refractivity (Wildman–Crippen MR) is 91.8 cm³/mol. The Bertz CT molecular complexity index is 631. The van der Waals surface area contributed by atoms with Crippen LogP contribution in [0.4, 0.5) is 0 Å². The van der Waals surface area contributed by atoms with Gasteiger partial charge in [0.1, 0.15) is 0 Å². The zero-order chi connectivity index (χ0) is 16.7. The Labute approximate surface area is 137 Å². The van der Waals surface area contributed by atoms with Crippen LogP contribution in [0.1, 0.15) is 23.1 Å². The number of hydrogen-bond donors (Lipinski definition) is 3. The first-order chi connectivity index (χ1) is 11.0. The second kappa shape index (κ2) is 8.51. The fourth-order valence-corrected chi connectivity index (χ4v) is 2.50. The lowest BCUT2D eigenvalue weighted by Gasteiger charge is -2.18. The minimum atomic E-state index is -1.59. The standard InChI is InChI=1S/C18H22BNO3/c1-14-6-5-9-16(12-14)10-11-18(21)20-17(19(22)23)13-15-7-3-2-4-8-15/h2-9,12,17,22-23H,10-11,13H2,1H3,(H,20,21)/t17-/m0/s1. The molecule has 2 aromatic carbocycles. The first kappa shape index (κ1) is 17.3. The highest BCUT2D eigenvalue weighted by atomic mass is 16.4. The van der Waals surface area contributed by atoms with Crippen molar-refractivity contribution >= 4 is 13.0 Å². The van der Waals surface area contributed by atoms with Gasteiger partial charge in [0.05, 0.1) is 5.94 Å². The van der Waals surface area contributed by atoms with Gasteiger partial charge in [0.15, 0.2) is 0 Å². The zero-order valence-corrected chi connectivity index (χ0v) is 13.3. The lowest BCUT2D eigenvalue weighted by molar-refractivity contribution is -0.121. The fourth-order valence-electron chi connectivity index (χ4n) is 2.50. The minimum absolute atomic E-state index is 0.180. The molecule has 0 saturated carbocycles. The molecule has 0 aliphatic heterocycles. The lowest BCUT2D eigenvalue weighted by atomic mass is 9.76. The molecule has 1 atom stereocenters. The Morgan fingerprint density at radius 1 is 1.09 bits per heavy atom. The number of hydrogen-bond acceptors (Lipinski definition) is 3. The largest absolute Gasteiger partial charge is 0.475 e. The van der Waals surface area contributed by atoms with Crippen LogP contribution < -0.4 is 5.32 Å². The summed E-state index contributed by atoms with van der Waals surface area (Å²) in [4.78, 5) is 12.1. The Morgan fingerprint density at radius 3 is 2.43 bits per heavy atom. The molecule has 0 unspecified atom stereocenters. The molecule has 0 fully saturated rings. The Morgan fingerprint density at radius 2 is 1.78 bits per heavy atom. The average molecular weight is 311 g/mol. The van der Waals surface area contributed by atoms with Crippen molar-refractivity contribution in [3.63, 3.8) is 0 Å². The summed E-state index contributed by atoms with van der Waals surface area (Å²) in [5, 5.41) is 21.7. The van der Waals surface area contributed by atoms with Gasteiger partial charge in [0.25, 0.3) is 0 Å². The molecular weight excluding hydrogens is 289 g/mol. The molecular formula is C18H22BNO3. The van der Waals surface area contributed by atoms with Crippen LogP contribution in [-0.4, -0.2) is 29.0 Å². The van der Waals surface area contributed by atoms with E-state index in [0.717, 1.165) is 16.7 Å². The summed E-state index contributed by atoms with van der Waals surface area (Å²) < 4.78 is 0. The van der Waals surface area contributed by atoms with E-state index in [1.54, 1.807) is 0 Å². The van der Waals surface area contributed by atoms with E-state index in [1.807, 2.05) is 55.5 Å². The van der Waals surface area contributed by atoms with Gasteiger partial charge in [0.2, 0.25) is 5.91 Å². The number of carbonyl (C=O) groups excluding carboxylic acids is 1. The molecule has 0 heterocycles. The highest BCUT2D eigenvalue weighted by Crippen LogP contribution is 2.08. The van der Waals surface area contributed by atoms with E-state index in [2.05, 4.69) is 11.4 Å². The number of rotatable bonds is 7. The van der Waals surface area contributed by atoms with Crippen molar-refractivity contribution in [2.75, 3.05) is 0 Å². The van der Waals surface area contributed by atoms with Gasteiger partial charge in [-0.1, -0.05) is 60.2 Å². The van der Waals surface area contributed by atoms with E-state index >= 15 is 0 Å². The maximum Gasteiger partial charge on any atom is 0.475 e. The molecule has 0 spiro atoms. The molecule has 0 aliphatic carbocycles.